The first-order valence-corrected chi connectivity index (χ1v) is 6.73. The van der Waals surface area contributed by atoms with Gasteiger partial charge in [-0.2, -0.15) is 20.2 Å². The topological polar surface area (TPSA) is 109 Å². The third-order valence-electron chi connectivity index (χ3n) is 2.00. The molecule has 0 aromatic rings. The highest BCUT2D eigenvalue weighted by atomic mass is 16.6. The van der Waals surface area contributed by atoms with Crippen molar-refractivity contribution in [1.82, 2.24) is 10.0 Å². The van der Waals surface area contributed by atoms with Crippen molar-refractivity contribution in [3.8, 4) is 0 Å². The smallest absolute Gasteiger partial charge is 0.431 e. The molecule has 2 amide bonds. The Morgan fingerprint density at radius 2 is 1.23 bits per heavy atom. The van der Waals surface area contributed by atoms with Crippen LogP contribution in [0.15, 0.2) is 32.8 Å². The van der Waals surface area contributed by atoms with E-state index in [2.05, 4.69) is 20.7 Å². The average molecular weight is 314 g/mol. The van der Waals surface area contributed by atoms with Gasteiger partial charge in [-0.1, -0.05) is 22.6 Å². The van der Waals surface area contributed by atoms with Gasteiger partial charge >= 0.3 is 12.2 Å². The first kappa shape index (κ1) is 19.5. The zero-order valence-electron chi connectivity index (χ0n) is 13.3. The minimum Gasteiger partial charge on any atom is -0.448 e. The molecule has 0 aliphatic heterocycles. The zero-order chi connectivity index (χ0) is 16.8. The second kappa shape index (κ2) is 12.2. The molecule has 0 saturated heterocycles. The van der Waals surface area contributed by atoms with Crippen LogP contribution in [-0.4, -0.2) is 62.6 Å². The summed E-state index contributed by atoms with van der Waals surface area (Å²) in [6, 6.07) is 0. The van der Waals surface area contributed by atoms with Crippen molar-refractivity contribution in [2.45, 2.75) is 13.8 Å². The maximum absolute atomic E-state index is 11.2. The molecule has 0 heterocycles. The Morgan fingerprint density at radius 3 is 1.55 bits per heavy atom. The lowest BCUT2D eigenvalue weighted by molar-refractivity contribution is 0.113. The maximum atomic E-state index is 11.2. The number of hydrogen-bond acceptors (Lipinski definition) is 8. The van der Waals surface area contributed by atoms with E-state index in [1.807, 2.05) is 0 Å². The highest BCUT2D eigenvalue weighted by molar-refractivity contribution is 5.66. The summed E-state index contributed by atoms with van der Waals surface area (Å²) in [5.41, 5.74) is 0. The third kappa shape index (κ3) is 9.39. The van der Waals surface area contributed by atoms with Crippen LogP contribution in [0, 0.1) is 0 Å². The van der Waals surface area contributed by atoms with Crippen molar-refractivity contribution in [3.63, 3.8) is 0 Å². The number of hydrogen-bond donors (Lipinski definition) is 0. The van der Waals surface area contributed by atoms with Crippen molar-refractivity contribution in [1.29, 1.82) is 0 Å². The van der Waals surface area contributed by atoms with E-state index in [1.54, 1.807) is 26.0 Å². The van der Waals surface area contributed by atoms with Crippen LogP contribution in [0.3, 0.4) is 0 Å². The predicted molar refractivity (Wildman–Crippen MR) is 78.2 cm³/mol. The van der Waals surface area contributed by atoms with Crippen molar-refractivity contribution in [3.05, 3.63) is 12.2 Å². The highest BCUT2D eigenvalue weighted by Gasteiger charge is 2.06. The first-order valence-electron chi connectivity index (χ1n) is 6.73. The molecule has 22 heavy (non-hydrogen) atoms. The minimum atomic E-state index is -0.564. The van der Waals surface area contributed by atoms with Gasteiger partial charge in [0.05, 0.1) is 26.3 Å². The van der Waals surface area contributed by atoms with Crippen molar-refractivity contribution >= 4 is 12.2 Å². The van der Waals surface area contributed by atoms with Gasteiger partial charge in [-0.05, 0) is 13.8 Å². The molecule has 0 aromatic carbocycles. The normalized spacial score (nSPS) is 11.3. The summed E-state index contributed by atoms with van der Waals surface area (Å²) >= 11 is 0. The Morgan fingerprint density at radius 1 is 0.864 bits per heavy atom. The largest absolute Gasteiger partial charge is 0.448 e. The van der Waals surface area contributed by atoms with Gasteiger partial charge in [-0.3, -0.25) is 0 Å². The van der Waals surface area contributed by atoms with E-state index < -0.39 is 12.2 Å². The molecule has 124 valence electrons. The molecule has 0 saturated carbocycles. The third-order valence-corrected chi connectivity index (χ3v) is 2.00. The maximum Gasteiger partial charge on any atom is 0.431 e. The molecule has 0 rings (SSSR count). The number of ether oxygens (including phenoxy) is 2. The highest BCUT2D eigenvalue weighted by Crippen LogP contribution is 1.93. The van der Waals surface area contributed by atoms with Gasteiger partial charge in [-0.25, -0.2) is 9.59 Å². The van der Waals surface area contributed by atoms with E-state index in [9.17, 15) is 9.59 Å². The van der Waals surface area contributed by atoms with Gasteiger partial charge in [-0.15, -0.1) is 0 Å². The Kier molecular flexibility index (Phi) is 10.8. The Labute approximate surface area is 129 Å². The fourth-order valence-corrected chi connectivity index (χ4v) is 1.01. The fourth-order valence-electron chi connectivity index (χ4n) is 1.01. The fraction of sp³-hybridized carbons (Fsp3) is 0.667. The molecule has 0 unspecified atom stereocenters. The standard InChI is InChI=1S/C12H22N6O4/c1-5-21-11(19)17(3)15-13-9-7-8-10-14-16-18(4)12(20)22-6-2/h7-8H,5-6,9-10H2,1-4H3. The number of carbonyl (C=O) groups is 2. The quantitative estimate of drug-likeness (QED) is 0.389. The van der Waals surface area contributed by atoms with Crippen LogP contribution >= 0.6 is 0 Å². The predicted octanol–water partition coefficient (Wildman–Crippen LogP) is 2.45. The monoisotopic (exact) mass is 314 g/mol. The summed E-state index contributed by atoms with van der Waals surface area (Å²) in [5, 5.41) is 16.8. The molecule has 10 heteroatoms. The van der Waals surface area contributed by atoms with E-state index >= 15 is 0 Å². The van der Waals surface area contributed by atoms with Crippen LogP contribution in [0.2, 0.25) is 0 Å². The van der Waals surface area contributed by atoms with Gasteiger partial charge in [0.1, 0.15) is 0 Å². The Hall–Kier alpha value is -2.52. The van der Waals surface area contributed by atoms with Crippen LogP contribution in [-0.2, 0) is 9.47 Å². The number of amides is 2. The molecule has 0 aliphatic rings. The molecule has 0 aromatic heterocycles. The zero-order valence-corrected chi connectivity index (χ0v) is 13.3. The van der Waals surface area contributed by atoms with Crippen molar-refractivity contribution in [2.24, 2.45) is 20.7 Å². The SMILES string of the molecule is CCOC(=O)N(C)N=NCC=CCN=NN(C)C(=O)OCC. The van der Waals surface area contributed by atoms with Crippen LogP contribution < -0.4 is 0 Å². The summed E-state index contributed by atoms with van der Waals surface area (Å²) in [4.78, 5) is 22.4. The lowest BCUT2D eigenvalue weighted by atomic mass is 10.5. The lowest BCUT2D eigenvalue weighted by Crippen LogP contribution is -2.21. The number of carbonyl (C=O) groups excluding carboxylic acids is 2. The summed E-state index contributed by atoms with van der Waals surface area (Å²) in [6.07, 6.45) is 2.27. The molecule has 0 N–H and O–H groups in total. The molecule has 0 fully saturated rings. The summed E-state index contributed by atoms with van der Waals surface area (Å²) in [5.74, 6) is 0. The van der Waals surface area contributed by atoms with Gasteiger partial charge in [0, 0.05) is 14.1 Å². The minimum absolute atomic E-state index is 0.282. The van der Waals surface area contributed by atoms with E-state index in [0.29, 0.717) is 0 Å². The number of nitrogens with zero attached hydrogens (tertiary/aromatic N) is 6. The Balaban J connectivity index is 3.92. The summed E-state index contributed by atoms with van der Waals surface area (Å²) in [6.45, 7) is 4.55. The van der Waals surface area contributed by atoms with Gasteiger partial charge < -0.3 is 9.47 Å². The molecule has 0 atom stereocenters. The van der Waals surface area contributed by atoms with Gasteiger partial charge in [0.2, 0.25) is 0 Å². The van der Waals surface area contributed by atoms with Crippen LogP contribution in [0.25, 0.3) is 0 Å². The molecule has 0 aliphatic carbocycles. The van der Waals surface area contributed by atoms with Gasteiger partial charge in [0.25, 0.3) is 0 Å². The molecule has 0 spiro atoms. The second-order valence-electron chi connectivity index (χ2n) is 3.74. The van der Waals surface area contributed by atoms with E-state index in [4.69, 9.17) is 9.47 Å². The molecular weight excluding hydrogens is 292 g/mol. The van der Waals surface area contributed by atoms with E-state index in [1.165, 1.54) is 14.1 Å². The van der Waals surface area contributed by atoms with Crippen molar-refractivity contribution in [2.75, 3.05) is 40.4 Å². The van der Waals surface area contributed by atoms with E-state index in [0.717, 1.165) is 10.0 Å². The molecule has 0 radical (unpaired) electrons. The molecular formula is C12H22N6O4. The average Bonchev–Trinajstić information content (AvgIpc) is 2.49. The first-order chi connectivity index (χ1) is 10.5. The van der Waals surface area contributed by atoms with Gasteiger partial charge in [0.15, 0.2) is 0 Å². The lowest BCUT2D eigenvalue weighted by Gasteiger charge is -2.07. The summed E-state index contributed by atoms with van der Waals surface area (Å²) < 4.78 is 9.44. The van der Waals surface area contributed by atoms with Crippen LogP contribution in [0.4, 0.5) is 9.59 Å². The molecule has 10 nitrogen and oxygen atoms in total. The van der Waals surface area contributed by atoms with Crippen LogP contribution in [0.5, 0.6) is 0 Å². The Bertz CT molecular complexity index is 386. The van der Waals surface area contributed by atoms with E-state index in [-0.39, 0.29) is 26.3 Å². The summed E-state index contributed by atoms with van der Waals surface area (Å²) in [7, 11) is 2.90. The second-order valence-corrected chi connectivity index (χ2v) is 3.74. The molecule has 0 bridgehead atoms. The van der Waals surface area contributed by atoms with Crippen LogP contribution in [0.1, 0.15) is 13.8 Å². The van der Waals surface area contributed by atoms with Crippen molar-refractivity contribution < 1.29 is 19.1 Å². The number of rotatable bonds is 8.